The van der Waals surface area contributed by atoms with E-state index in [1.807, 2.05) is 12.3 Å². The van der Waals surface area contributed by atoms with Gasteiger partial charge in [-0.2, -0.15) is 0 Å². The van der Waals surface area contributed by atoms with E-state index in [1.165, 1.54) is 17.7 Å². The Morgan fingerprint density at radius 2 is 2.25 bits per heavy atom. The first-order valence-electron chi connectivity index (χ1n) is 7.34. The van der Waals surface area contributed by atoms with Gasteiger partial charge >= 0.3 is 5.97 Å². The van der Waals surface area contributed by atoms with Crippen LogP contribution in [0.2, 0.25) is 0 Å². The summed E-state index contributed by atoms with van der Waals surface area (Å²) in [6, 6.07) is 4.79. The van der Waals surface area contributed by atoms with Crippen molar-refractivity contribution in [1.82, 2.24) is 9.97 Å². The second-order valence-corrected chi connectivity index (χ2v) is 5.98. The monoisotopic (exact) mass is 345 g/mol. The third-order valence-electron chi connectivity index (χ3n) is 3.33. The second kappa shape index (κ2) is 6.79. The van der Waals surface area contributed by atoms with Crippen molar-refractivity contribution in [3.05, 3.63) is 41.2 Å². The largest absolute Gasteiger partial charge is 0.449 e. The Bertz CT molecular complexity index is 886. The summed E-state index contributed by atoms with van der Waals surface area (Å²) in [5.41, 5.74) is 2.26. The van der Waals surface area contributed by atoms with E-state index >= 15 is 0 Å². The van der Waals surface area contributed by atoms with Crippen molar-refractivity contribution in [2.24, 2.45) is 0 Å². The summed E-state index contributed by atoms with van der Waals surface area (Å²) in [6.45, 7) is 3.60. The summed E-state index contributed by atoms with van der Waals surface area (Å²) in [5.74, 6) is -0.994. The molecule has 0 aliphatic heterocycles. The summed E-state index contributed by atoms with van der Waals surface area (Å²) >= 11 is 1.32. The zero-order valence-corrected chi connectivity index (χ0v) is 13.9. The maximum Gasteiger partial charge on any atom is 0.339 e. The highest BCUT2D eigenvalue weighted by Crippen LogP contribution is 2.18. The van der Waals surface area contributed by atoms with Crippen LogP contribution in [-0.4, -0.2) is 27.9 Å². The highest BCUT2D eigenvalue weighted by molar-refractivity contribution is 7.13. The van der Waals surface area contributed by atoms with Crippen LogP contribution in [0.15, 0.2) is 34.4 Å². The summed E-state index contributed by atoms with van der Waals surface area (Å²) in [5, 5.41) is 4.97. The molecular formula is C16H15N3O4S. The minimum atomic E-state index is -0.896. The van der Waals surface area contributed by atoms with Gasteiger partial charge in [-0.15, -0.1) is 11.3 Å². The Kier molecular flexibility index (Phi) is 4.57. The number of nitrogens with zero attached hydrogens (tertiary/aromatic N) is 2. The van der Waals surface area contributed by atoms with Gasteiger partial charge in [-0.05, 0) is 31.5 Å². The van der Waals surface area contributed by atoms with Gasteiger partial charge in [0.25, 0.3) is 5.91 Å². The number of carbonyl (C=O) groups is 2. The third-order valence-corrected chi connectivity index (χ3v) is 4.20. The predicted molar refractivity (Wildman–Crippen MR) is 89.0 cm³/mol. The summed E-state index contributed by atoms with van der Waals surface area (Å²) in [4.78, 5) is 32.6. The number of hydrogen-bond donors (Lipinski definition) is 1. The number of thiazole rings is 1. The molecule has 0 aliphatic rings. The van der Waals surface area contributed by atoms with E-state index in [9.17, 15) is 9.59 Å². The number of fused-ring (bicyclic) bond motifs is 1. The van der Waals surface area contributed by atoms with E-state index in [4.69, 9.17) is 9.15 Å². The van der Waals surface area contributed by atoms with E-state index < -0.39 is 18.0 Å². The zero-order valence-electron chi connectivity index (χ0n) is 13.1. The molecule has 2 heterocycles. The third kappa shape index (κ3) is 3.43. The van der Waals surface area contributed by atoms with Crippen molar-refractivity contribution in [2.45, 2.75) is 26.4 Å². The van der Waals surface area contributed by atoms with Gasteiger partial charge in [-0.3, -0.25) is 10.1 Å². The van der Waals surface area contributed by atoms with Gasteiger partial charge in [0.1, 0.15) is 5.52 Å². The number of aryl methyl sites for hydroxylation is 1. The number of aromatic nitrogens is 2. The summed E-state index contributed by atoms with van der Waals surface area (Å²) < 4.78 is 10.5. The van der Waals surface area contributed by atoms with E-state index in [0.717, 1.165) is 5.69 Å². The first kappa shape index (κ1) is 16.1. The molecule has 0 spiro atoms. The first-order chi connectivity index (χ1) is 11.6. The van der Waals surface area contributed by atoms with Gasteiger partial charge in [-0.25, -0.2) is 14.8 Å². The number of carbonyl (C=O) groups excluding carboxylic acids is 2. The van der Waals surface area contributed by atoms with Crippen molar-refractivity contribution in [3.8, 4) is 0 Å². The van der Waals surface area contributed by atoms with Crippen molar-refractivity contribution in [2.75, 3.05) is 5.32 Å². The lowest BCUT2D eigenvalue weighted by molar-refractivity contribution is -0.124. The summed E-state index contributed by atoms with van der Waals surface area (Å²) in [6.07, 6.45) is 0.761. The molecule has 24 heavy (non-hydrogen) atoms. The highest BCUT2D eigenvalue weighted by atomic mass is 32.1. The molecule has 3 rings (SSSR count). The van der Waals surface area contributed by atoms with Gasteiger partial charge in [0.15, 0.2) is 23.2 Å². The van der Waals surface area contributed by atoms with Crippen LogP contribution in [0.5, 0.6) is 0 Å². The van der Waals surface area contributed by atoms with Gasteiger partial charge in [0.2, 0.25) is 0 Å². The molecule has 7 nitrogen and oxygen atoms in total. The van der Waals surface area contributed by atoms with E-state index in [1.54, 1.807) is 25.1 Å². The SMILES string of the molecule is CCC(OC(=O)c1ccc2ncoc2c1)C(=O)Nc1nc(C)cs1. The second-order valence-electron chi connectivity index (χ2n) is 5.12. The number of rotatable bonds is 5. The molecule has 1 amide bonds. The van der Waals surface area contributed by atoms with Crippen LogP contribution in [0.3, 0.4) is 0 Å². The minimum Gasteiger partial charge on any atom is -0.449 e. The normalized spacial score (nSPS) is 12.1. The fourth-order valence-electron chi connectivity index (χ4n) is 2.10. The van der Waals surface area contributed by atoms with Crippen LogP contribution in [0.1, 0.15) is 29.4 Å². The van der Waals surface area contributed by atoms with Gasteiger partial charge in [-0.1, -0.05) is 6.92 Å². The van der Waals surface area contributed by atoms with Crippen LogP contribution in [0.4, 0.5) is 5.13 Å². The molecule has 1 N–H and O–H groups in total. The lowest BCUT2D eigenvalue weighted by Gasteiger charge is -2.15. The van der Waals surface area contributed by atoms with E-state index in [0.29, 0.717) is 28.2 Å². The molecule has 0 saturated carbocycles. The standard InChI is InChI=1S/C16H15N3O4S/c1-3-12(14(20)19-16-18-9(2)7-24-16)23-15(21)10-4-5-11-13(6-10)22-8-17-11/h4-8,12H,3H2,1-2H3,(H,18,19,20). The van der Waals surface area contributed by atoms with Crippen molar-refractivity contribution < 1.29 is 18.7 Å². The molecule has 3 aromatic rings. The molecule has 124 valence electrons. The average molecular weight is 345 g/mol. The molecular weight excluding hydrogens is 330 g/mol. The molecule has 1 atom stereocenters. The Balaban J connectivity index is 1.69. The van der Waals surface area contributed by atoms with Crippen molar-refractivity contribution in [1.29, 1.82) is 0 Å². The molecule has 0 fully saturated rings. The number of hydrogen-bond acceptors (Lipinski definition) is 7. The van der Waals surface area contributed by atoms with Crippen molar-refractivity contribution in [3.63, 3.8) is 0 Å². The summed E-state index contributed by atoms with van der Waals surface area (Å²) in [7, 11) is 0. The Hall–Kier alpha value is -2.74. The number of oxazole rings is 1. The lowest BCUT2D eigenvalue weighted by atomic mass is 10.2. The van der Waals surface area contributed by atoms with Gasteiger partial charge < -0.3 is 9.15 Å². The Labute approximate surface area is 141 Å². The lowest BCUT2D eigenvalue weighted by Crippen LogP contribution is -2.32. The average Bonchev–Trinajstić information content (AvgIpc) is 3.20. The molecule has 1 unspecified atom stereocenters. The number of ether oxygens (including phenoxy) is 1. The van der Waals surface area contributed by atoms with Crippen LogP contribution < -0.4 is 5.32 Å². The minimum absolute atomic E-state index is 0.301. The first-order valence-corrected chi connectivity index (χ1v) is 8.22. The van der Waals surface area contributed by atoms with Crippen LogP contribution >= 0.6 is 11.3 Å². The fourth-order valence-corrected chi connectivity index (χ4v) is 2.79. The number of anilines is 1. The molecule has 0 radical (unpaired) electrons. The maximum absolute atomic E-state index is 12.3. The molecule has 0 bridgehead atoms. The Morgan fingerprint density at radius 1 is 1.42 bits per heavy atom. The molecule has 0 aliphatic carbocycles. The smallest absolute Gasteiger partial charge is 0.339 e. The van der Waals surface area contributed by atoms with Crippen LogP contribution in [0, 0.1) is 6.92 Å². The van der Waals surface area contributed by atoms with E-state index in [-0.39, 0.29) is 0 Å². The number of benzene rings is 1. The fraction of sp³-hybridized carbons (Fsp3) is 0.250. The number of esters is 1. The maximum atomic E-state index is 12.3. The number of nitrogens with one attached hydrogen (secondary N) is 1. The molecule has 0 saturated heterocycles. The van der Waals surface area contributed by atoms with Crippen LogP contribution in [0.25, 0.3) is 11.1 Å². The highest BCUT2D eigenvalue weighted by Gasteiger charge is 2.23. The zero-order chi connectivity index (χ0) is 17.1. The number of amides is 1. The van der Waals surface area contributed by atoms with Gasteiger partial charge in [0.05, 0.1) is 11.3 Å². The molecule has 8 heteroatoms. The van der Waals surface area contributed by atoms with Crippen molar-refractivity contribution >= 4 is 39.4 Å². The predicted octanol–water partition coefficient (Wildman–Crippen LogP) is 3.17. The molecule has 1 aromatic carbocycles. The quantitative estimate of drug-likeness (QED) is 0.714. The van der Waals surface area contributed by atoms with E-state index in [2.05, 4.69) is 15.3 Å². The van der Waals surface area contributed by atoms with Gasteiger partial charge in [0, 0.05) is 5.38 Å². The molecule has 2 aromatic heterocycles. The topological polar surface area (TPSA) is 94.3 Å². The Morgan fingerprint density at radius 3 is 2.96 bits per heavy atom. The van der Waals surface area contributed by atoms with Crippen LogP contribution in [-0.2, 0) is 9.53 Å².